The molecule has 0 radical (unpaired) electrons. The molecule has 0 amide bonds. The topological polar surface area (TPSA) is 119 Å². The molecule has 6 heteroatoms. The highest BCUT2D eigenvalue weighted by atomic mass is 16.5. The van der Waals surface area contributed by atoms with Gasteiger partial charge in [-0.15, -0.1) is 0 Å². The second-order valence-corrected chi connectivity index (χ2v) is 2.14. The molecule has 0 saturated carbocycles. The van der Waals surface area contributed by atoms with E-state index >= 15 is 0 Å². The fourth-order valence-corrected chi connectivity index (χ4v) is 0.555. The summed E-state index contributed by atoms with van der Waals surface area (Å²) in [6.45, 7) is 0.279. The summed E-state index contributed by atoms with van der Waals surface area (Å²) in [4.78, 5) is 24.1. The first-order chi connectivity index (χ1) is 5.54. The van der Waals surface area contributed by atoms with E-state index in [-0.39, 0.29) is 18.9 Å². The van der Waals surface area contributed by atoms with E-state index in [1.807, 2.05) is 0 Å². The van der Waals surface area contributed by atoms with Gasteiger partial charge >= 0.3 is 5.97 Å². The molecule has 0 aromatic rings. The molecule has 0 saturated heterocycles. The van der Waals surface area contributed by atoms with Crippen molar-refractivity contribution in [2.75, 3.05) is 6.54 Å². The van der Waals surface area contributed by atoms with E-state index in [2.05, 4.69) is 4.99 Å². The number of carboxylic acid groups (broad SMARTS) is 1. The van der Waals surface area contributed by atoms with E-state index < -0.39 is 11.8 Å². The van der Waals surface area contributed by atoms with Crippen molar-refractivity contribution in [3.63, 3.8) is 0 Å². The predicted octanol–water partition coefficient (Wildman–Crippen LogP) is -1.31. The number of carboxylic acids is 1. The molecule has 12 heavy (non-hydrogen) atoms. The number of carbonyl (C=O) groups excluding carboxylic acids is 1. The fraction of sp³-hybridized carbons (Fsp3) is 0.500. The lowest BCUT2D eigenvalue weighted by molar-refractivity contribution is -0.149. The number of hydrogen-bond donors (Lipinski definition) is 3. The Balaban J connectivity index is 3.51. The summed E-state index contributed by atoms with van der Waals surface area (Å²) in [7, 11) is 0. The minimum absolute atomic E-state index is 0.0356. The highest BCUT2D eigenvalue weighted by Gasteiger charge is 2.09. The molecular weight excluding hydrogens is 168 g/mol. The third-order valence-corrected chi connectivity index (χ3v) is 1.09. The van der Waals surface area contributed by atoms with Gasteiger partial charge in [-0.1, -0.05) is 0 Å². The van der Waals surface area contributed by atoms with E-state index in [1.165, 1.54) is 0 Å². The van der Waals surface area contributed by atoms with Crippen molar-refractivity contribution in [2.45, 2.75) is 12.8 Å². The van der Waals surface area contributed by atoms with Gasteiger partial charge in [0.25, 0.3) is 0 Å². The molecule has 0 atom stereocenters. The fourth-order valence-electron chi connectivity index (χ4n) is 0.555. The predicted molar refractivity (Wildman–Crippen MR) is 42.6 cm³/mol. The van der Waals surface area contributed by atoms with Crippen LogP contribution in [-0.2, 0) is 9.59 Å². The van der Waals surface area contributed by atoms with Crippen molar-refractivity contribution in [3.05, 3.63) is 0 Å². The van der Waals surface area contributed by atoms with E-state index in [4.69, 9.17) is 16.6 Å². The van der Waals surface area contributed by atoms with Crippen LogP contribution in [0.25, 0.3) is 0 Å². The third kappa shape index (κ3) is 5.21. The van der Waals surface area contributed by atoms with Gasteiger partial charge in [-0.3, -0.25) is 9.79 Å². The number of ketones is 1. The number of Topliss-reactive ketones (excluding diaryl/α,β-unsaturated/α-hetero) is 1. The lowest BCUT2D eigenvalue weighted by Crippen LogP contribution is -2.23. The maximum absolute atomic E-state index is 10.5. The molecule has 0 aromatic carbocycles. The summed E-state index contributed by atoms with van der Waals surface area (Å²) in [5.41, 5.74) is 9.99. The zero-order valence-electron chi connectivity index (χ0n) is 6.49. The lowest BCUT2D eigenvalue weighted by atomic mass is 11.2. The first kappa shape index (κ1) is 10.4. The largest absolute Gasteiger partial charge is 0.476 e. The molecule has 0 aliphatic rings. The minimum atomic E-state index is -1.42. The number of guanidine groups is 1. The number of nitrogens with zero attached hydrogens (tertiary/aromatic N) is 1. The standard InChI is InChI=1S/C6H11N3O3/c7-6(8)9-3-1-2-4(10)5(11)12/h1-3H2,(H,11,12)(H4,7,8,9)/i1+1,2+1,3+1,4+1,5+1,6+1. The monoisotopic (exact) mass is 179 g/mol. The number of carbonyl (C=O) groups is 2. The van der Waals surface area contributed by atoms with Gasteiger partial charge in [0.05, 0.1) is 0 Å². The van der Waals surface area contributed by atoms with E-state index in [0.717, 1.165) is 0 Å². The van der Waals surface area contributed by atoms with Crippen LogP contribution in [0.3, 0.4) is 0 Å². The Hall–Kier alpha value is -1.59. The van der Waals surface area contributed by atoms with Crippen LogP contribution >= 0.6 is 0 Å². The molecule has 0 fully saturated rings. The zero-order valence-corrected chi connectivity index (χ0v) is 6.49. The van der Waals surface area contributed by atoms with Gasteiger partial charge in [0.15, 0.2) is 5.96 Å². The molecule has 0 aliphatic heterocycles. The second kappa shape index (κ2) is 5.11. The molecule has 6 nitrogen and oxygen atoms in total. The van der Waals surface area contributed by atoms with Gasteiger partial charge in [0.2, 0.25) is 5.78 Å². The normalized spacial score (nSPS) is 9.00. The Morgan fingerprint density at radius 3 is 2.33 bits per heavy atom. The highest BCUT2D eigenvalue weighted by molar-refractivity contribution is 6.32. The number of aliphatic carboxylic acids is 1. The number of aliphatic imine (C=N–C) groups is 1. The Kier molecular flexibility index (Phi) is 4.43. The zero-order chi connectivity index (χ0) is 9.56. The Morgan fingerprint density at radius 1 is 1.33 bits per heavy atom. The molecule has 0 aromatic heterocycles. The van der Waals surface area contributed by atoms with Gasteiger partial charge in [-0.05, 0) is 6.42 Å². The maximum Gasteiger partial charge on any atom is 0.372 e. The van der Waals surface area contributed by atoms with Crippen LogP contribution in [0.2, 0.25) is 0 Å². The van der Waals surface area contributed by atoms with Crippen LogP contribution in [0.4, 0.5) is 0 Å². The maximum atomic E-state index is 10.5. The van der Waals surface area contributed by atoms with Crippen LogP contribution in [0.15, 0.2) is 4.99 Å². The number of nitrogens with two attached hydrogens (primary N) is 2. The van der Waals surface area contributed by atoms with Gasteiger partial charge in [-0.2, -0.15) is 0 Å². The Bertz CT molecular complexity index is 208. The van der Waals surface area contributed by atoms with Gasteiger partial charge in [0.1, 0.15) is 0 Å². The number of rotatable bonds is 5. The van der Waals surface area contributed by atoms with Crippen molar-refractivity contribution < 1.29 is 14.7 Å². The lowest BCUT2D eigenvalue weighted by Gasteiger charge is -1.93. The van der Waals surface area contributed by atoms with Crippen molar-refractivity contribution >= 4 is 17.7 Å². The SMILES string of the molecule is N[13C](N)=N[13CH2][13CH2][13CH2][13C](=O)[13C](=O)O. The molecule has 0 unspecified atom stereocenters. The first-order valence-corrected chi connectivity index (χ1v) is 3.35. The summed E-state index contributed by atoms with van der Waals surface area (Å²) < 4.78 is 0. The molecule has 0 rings (SSSR count). The smallest absolute Gasteiger partial charge is 0.372 e. The highest BCUT2D eigenvalue weighted by Crippen LogP contribution is 1.91. The van der Waals surface area contributed by atoms with Crippen molar-refractivity contribution in [1.82, 2.24) is 0 Å². The quantitative estimate of drug-likeness (QED) is 0.159. The molecule has 68 valence electrons. The van der Waals surface area contributed by atoms with Gasteiger partial charge in [0, 0.05) is 13.0 Å². The minimum Gasteiger partial charge on any atom is -0.476 e. The molecule has 0 heterocycles. The van der Waals surface area contributed by atoms with E-state index in [0.29, 0.717) is 6.42 Å². The molecule has 5 N–H and O–H groups in total. The van der Waals surface area contributed by atoms with Crippen molar-refractivity contribution in [3.8, 4) is 0 Å². The van der Waals surface area contributed by atoms with Crippen LogP contribution in [0, 0.1) is 0 Å². The second-order valence-electron chi connectivity index (χ2n) is 2.14. The Labute approximate surface area is 69.3 Å². The van der Waals surface area contributed by atoms with Crippen molar-refractivity contribution in [1.29, 1.82) is 0 Å². The molecular formula is C6H11N3O3. The van der Waals surface area contributed by atoms with Crippen molar-refractivity contribution in [2.24, 2.45) is 16.5 Å². The van der Waals surface area contributed by atoms with Gasteiger partial charge in [-0.25, -0.2) is 4.79 Å². The van der Waals surface area contributed by atoms with E-state index in [9.17, 15) is 9.59 Å². The third-order valence-electron chi connectivity index (χ3n) is 1.09. The van der Waals surface area contributed by atoms with Crippen LogP contribution in [-0.4, -0.2) is 29.4 Å². The summed E-state index contributed by atoms with van der Waals surface area (Å²) in [6, 6.07) is 0. The van der Waals surface area contributed by atoms with Gasteiger partial charge < -0.3 is 16.6 Å². The average Bonchev–Trinajstić information content (AvgIpc) is 1.97. The Morgan fingerprint density at radius 2 is 1.92 bits per heavy atom. The molecule has 0 spiro atoms. The van der Waals surface area contributed by atoms with Crippen LogP contribution in [0.1, 0.15) is 12.8 Å². The molecule has 0 bridgehead atoms. The van der Waals surface area contributed by atoms with E-state index in [1.54, 1.807) is 0 Å². The summed E-state index contributed by atoms with van der Waals surface area (Å²) in [5.74, 6) is -2.29. The summed E-state index contributed by atoms with van der Waals surface area (Å²) in [5, 5.41) is 8.16. The van der Waals surface area contributed by atoms with Crippen LogP contribution < -0.4 is 11.5 Å². The summed E-state index contributed by atoms with van der Waals surface area (Å²) in [6.07, 6.45) is 0.315. The first-order valence-electron chi connectivity index (χ1n) is 3.35. The van der Waals surface area contributed by atoms with Crippen LogP contribution in [0.5, 0.6) is 0 Å². The average molecular weight is 179 g/mol. The number of hydrogen-bond acceptors (Lipinski definition) is 3. The molecule has 0 aliphatic carbocycles. The summed E-state index contributed by atoms with van der Waals surface area (Å²) >= 11 is 0.